The molecule has 0 unspecified atom stereocenters. The predicted octanol–water partition coefficient (Wildman–Crippen LogP) is 2.59. The van der Waals surface area contributed by atoms with Crippen molar-refractivity contribution < 1.29 is 28.6 Å². The standard InChI is InChI=1S/C24H25FN2O5/c1-31-19-8-7-17(25)15-18(19)22(28)20-21(16-5-3-2-4-6-16)27(24(30)23(20)29)10-9-26-11-13-32-14-12-26/h2-8,15,21,28H,9-14H2,1H3/t21-/m1/s1. The van der Waals surface area contributed by atoms with E-state index in [1.54, 1.807) is 24.3 Å². The Balaban J connectivity index is 1.76. The zero-order valence-corrected chi connectivity index (χ0v) is 17.8. The molecule has 2 saturated heterocycles. The molecule has 2 aromatic carbocycles. The molecule has 7 nitrogen and oxygen atoms in total. The summed E-state index contributed by atoms with van der Waals surface area (Å²) in [5, 5.41) is 11.1. The van der Waals surface area contributed by atoms with E-state index in [-0.39, 0.29) is 16.9 Å². The highest BCUT2D eigenvalue weighted by molar-refractivity contribution is 6.46. The highest BCUT2D eigenvalue weighted by Crippen LogP contribution is 2.40. The molecule has 2 aliphatic rings. The molecule has 2 fully saturated rings. The van der Waals surface area contributed by atoms with Gasteiger partial charge in [-0.15, -0.1) is 0 Å². The van der Waals surface area contributed by atoms with Crippen molar-refractivity contribution in [2.75, 3.05) is 46.5 Å². The number of aliphatic hydroxyl groups excluding tert-OH is 1. The maximum Gasteiger partial charge on any atom is 0.295 e. The van der Waals surface area contributed by atoms with Crippen molar-refractivity contribution in [3.63, 3.8) is 0 Å². The average molecular weight is 440 g/mol. The van der Waals surface area contributed by atoms with E-state index >= 15 is 0 Å². The smallest absolute Gasteiger partial charge is 0.295 e. The number of aliphatic hydroxyl groups is 1. The molecule has 0 spiro atoms. The minimum atomic E-state index is -0.801. The van der Waals surface area contributed by atoms with E-state index in [2.05, 4.69) is 4.90 Å². The summed E-state index contributed by atoms with van der Waals surface area (Å²) in [6.07, 6.45) is 0. The van der Waals surface area contributed by atoms with Crippen LogP contribution in [0, 0.1) is 5.82 Å². The Labute approximate surface area is 185 Å². The first kappa shape index (κ1) is 22.0. The summed E-state index contributed by atoms with van der Waals surface area (Å²) >= 11 is 0. The topological polar surface area (TPSA) is 79.3 Å². The Morgan fingerprint density at radius 1 is 1.12 bits per heavy atom. The van der Waals surface area contributed by atoms with E-state index in [1.807, 2.05) is 6.07 Å². The summed E-state index contributed by atoms with van der Waals surface area (Å²) in [6, 6.07) is 11.9. The minimum absolute atomic E-state index is 0.0274. The monoisotopic (exact) mass is 440 g/mol. The molecule has 8 heteroatoms. The van der Waals surface area contributed by atoms with Crippen LogP contribution in [-0.2, 0) is 14.3 Å². The summed E-state index contributed by atoms with van der Waals surface area (Å²) in [6.45, 7) is 3.63. The number of nitrogens with zero attached hydrogens (tertiary/aromatic N) is 2. The highest BCUT2D eigenvalue weighted by atomic mass is 19.1. The zero-order chi connectivity index (χ0) is 22.7. The van der Waals surface area contributed by atoms with Gasteiger partial charge in [0.05, 0.1) is 37.5 Å². The number of carbonyl (C=O) groups is 2. The van der Waals surface area contributed by atoms with Gasteiger partial charge >= 0.3 is 0 Å². The van der Waals surface area contributed by atoms with Gasteiger partial charge < -0.3 is 19.5 Å². The van der Waals surface area contributed by atoms with Crippen LogP contribution in [0.5, 0.6) is 5.75 Å². The van der Waals surface area contributed by atoms with Crippen molar-refractivity contribution in [2.24, 2.45) is 0 Å². The number of morpholine rings is 1. The Morgan fingerprint density at radius 3 is 2.53 bits per heavy atom. The van der Waals surface area contributed by atoms with E-state index in [1.165, 1.54) is 24.1 Å². The lowest BCUT2D eigenvalue weighted by molar-refractivity contribution is -0.140. The zero-order valence-electron chi connectivity index (χ0n) is 17.8. The summed E-state index contributed by atoms with van der Waals surface area (Å²) in [7, 11) is 1.39. The van der Waals surface area contributed by atoms with Crippen LogP contribution in [0.25, 0.3) is 5.76 Å². The molecule has 0 aliphatic carbocycles. The van der Waals surface area contributed by atoms with Crippen LogP contribution in [0.1, 0.15) is 17.2 Å². The van der Waals surface area contributed by atoms with Gasteiger partial charge in [-0.1, -0.05) is 30.3 Å². The van der Waals surface area contributed by atoms with Crippen molar-refractivity contribution in [2.45, 2.75) is 6.04 Å². The second-order valence-corrected chi connectivity index (χ2v) is 7.70. The molecule has 0 aromatic heterocycles. The molecule has 168 valence electrons. The third-order valence-electron chi connectivity index (χ3n) is 5.83. The molecular weight excluding hydrogens is 415 g/mol. The van der Waals surface area contributed by atoms with Crippen LogP contribution < -0.4 is 4.74 Å². The third-order valence-corrected chi connectivity index (χ3v) is 5.83. The summed E-state index contributed by atoms with van der Waals surface area (Å²) in [5.41, 5.74) is 0.636. The Hall–Kier alpha value is -3.23. The first-order valence-corrected chi connectivity index (χ1v) is 10.5. The molecule has 32 heavy (non-hydrogen) atoms. The summed E-state index contributed by atoms with van der Waals surface area (Å²) in [4.78, 5) is 29.7. The van der Waals surface area contributed by atoms with E-state index in [9.17, 15) is 19.1 Å². The summed E-state index contributed by atoms with van der Waals surface area (Å²) < 4.78 is 24.6. The fraction of sp³-hybridized carbons (Fsp3) is 0.333. The predicted molar refractivity (Wildman–Crippen MR) is 116 cm³/mol. The third kappa shape index (κ3) is 4.24. The maximum absolute atomic E-state index is 14.0. The highest BCUT2D eigenvalue weighted by Gasteiger charge is 2.46. The molecule has 1 N–H and O–H groups in total. The number of hydrogen-bond donors (Lipinski definition) is 1. The van der Waals surface area contributed by atoms with E-state index in [4.69, 9.17) is 9.47 Å². The SMILES string of the molecule is COc1ccc(F)cc1C(O)=C1C(=O)C(=O)N(CCN2CCOCC2)[C@@H]1c1ccccc1. The molecule has 0 radical (unpaired) electrons. The number of Topliss-reactive ketones (excluding diaryl/α,β-unsaturated/α-hetero) is 1. The van der Waals surface area contributed by atoms with Crippen molar-refractivity contribution in [1.82, 2.24) is 9.80 Å². The lowest BCUT2D eigenvalue weighted by Crippen LogP contribution is -2.42. The van der Waals surface area contributed by atoms with E-state index < -0.39 is 29.3 Å². The van der Waals surface area contributed by atoms with Crippen molar-refractivity contribution in [3.8, 4) is 5.75 Å². The number of halogens is 1. The van der Waals surface area contributed by atoms with Gasteiger partial charge in [0, 0.05) is 26.2 Å². The summed E-state index contributed by atoms with van der Waals surface area (Å²) in [5.74, 6) is -2.34. The van der Waals surface area contributed by atoms with Gasteiger partial charge in [-0.25, -0.2) is 4.39 Å². The van der Waals surface area contributed by atoms with Gasteiger partial charge in [-0.3, -0.25) is 14.5 Å². The number of hydrogen-bond acceptors (Lipinski definition) is 6. The van der Waals surface area contributed by atoms with Crippen molar-refractivity contribution in [1.29, 1.82) is 0 Å². The van der Waals surface area contributed by atoms with Gasteiger partial charge in [0.15, 0.2) is 0 Å². The number of benzene rings is 2. The fourth-order valence-corrected chi connectivity index (χ4v) is 4.18. The maximum atomic E-state index is 14.0. The van der Waals surface area contributed by atoms with Crippen molar-refractivity contribution in [3.05, 3.63) is 71.0 Å². The number of likely N-dealkylation sites (tertiary alicyclic amines) is 1. The Kier molecular flexibility index (Phi) is 6.53. The second kappa shape index (κ2) is 9.50. The van der Waals surface area contributed by atoms with Crippen LogP contribution in [0.4, 0.5) is 4.39 Å². The van der Waals surface area contributed by atoms with Crippen LogP contribution >= 0.6 is 0 Å². The first-order chi connectivity index (χ1) is 15.5. The number of methoxy groups -OCH3 is 1. The van der Waals surface area contributed by atoms with Gasteiger partial charge in [-0.2, -0.15) is 0 Å². The number of ketones is 1. The average Bonchev–Trinajstić information content (AvgIpc) is 3.08. The lowest BCUT2D eigenvalue weighted by atomic mass is 9.95. The minimum Gasteiger partial charge on any atom is -0.507 e. The molecule has 1 atom stereocenters. The molecule has 4 rings (SSSR count). The molecular formula is C24H25FN2O5. The Morgan fingerprint density at radius 2 is 1.84 bits per heavy atom. The molecule has 2 aliphatic heterocycles. The van der Waals surface area contributed by atoms with Gasteiger partial charge in [0.25, 0.3) is 11.7 Å². The second-order valence-electron chi connectivity index (χ2n) is 7.70. The van der Waals surface area contributed by atoms with Gasteiger partial charge in [0.2, 0.25) is 0 Å². The number of rotatable bonds is 6. The normalized spacial score (nSPS) is 21.2. The van der Waals surface area contributed by atoms with Crippen molar-refractivity contribution >= 4 is 17.4 Å². The molecule has 1 amide bonds. The number of carbonyl (C=O) groups excluding carboxylic acids is 2. The van der Waals surface area contributed by atoms with E-state index in [0.717, 1.165) is 19.2 Å². The van der Waals surface area contributed by atoms with Crippen LogP contribution in [0.15, 0.2) is 54.1 Å². The number of ether oxygens (including phenoxy) is 2. The van der Waals surface area contributed by atoms with Crippen LogP contribution in [0.3, 0.4) is 0 Å². The lowest BCUT2D eigenvalue weighted by Gasteiger charge is -2.31. The van der Waals surface area contributed by atoms with Gasteiger partial charge in [0.1, 0.15) is 17.3 Å². The Bertz CT molecular complexity index is 1030. The fourth-order valence-electron chi connectivity index (χ4n) is 4.18. The molecule has 0 bridgehead atoms. The molecule has 2 heterocycles. The van der Waals surface area contributed by atoms with E-state index in [0.29, 0.717) is 31.9 Å². The molecule has 2 aromatic rings. The van der Waals surface area contributed by atoms with Gasteiger partial charge in [-0.05, 0) is 23.8 Å². The quantitative estimate of drug-likeness (QED) is 0.423. The largest absolute Gasteiger partial charge is 0.507 e. The van der Waals surface area contributed by atoms with Crippen LogP contribution in [-0.4, -0.2) is 73.1 Å². The molecule has 0 saturated carbocycles. The van der Waals surface area contributed by atoms with Crippen LogP contribution in [0.2, 0.25) is 0 Å². The first-order valence-electron chi connectivity index (χ1n) is 10.5. The number of amides is 1.